The van der Waals surface area contributed by atoms with Gasteiger partial charge in [-0.15, -0.1) is 0 Å². The van der Waals surface area contributed by atoms with Crippen LogP contribution in [0.1, 0.15) is 29.4 Å². The Kier molecular flexibility index (Phi) is 6.51. The van der Waals surface area contributed by atoms with Crippen molar-refractivity contribution in [3.05, 3.63) is 100 Å². The predicted molar refractivity (Wildman–Crippen MR) is 139 cm³/mol. The number of amides is 2. The largest absolute Gasteiger partial charge is 0.354 e. The minimum absolute atomic E-state index is 0.0378. The van der Waals surface area contributed by atoms with Crippen LogP contribution in [0.3, 0.4) is 0 Å². The van der Waals surface area contributed by atoms with Gasteiger partial charge in [-0.05, 0) is 48.7 Å². The maximum atomic E-state index is 14.0. The number of halogens is 1. The average Bonchev–Trinajstić information content (AvgIpc) is 3.29. The third kappa shape index (κ3) is 4.71. The fourth-order valence-electron chi connectivity index (χ4n) is 4.43. The molecule has 0 spiro atoms. The first-order valence-electron chi connectivity index (χ1n) is 11.9. The van der Waals surface area contributed by atoms with E-state index in [-0.39, 0.29) is 23.5 Å². The zero-order valence-corrected chi connectivity index (χ0v) is 20.0. The van der Waals surface area contributed by atoms with Gasteiger partial charge in [-0.2, -0.15) is 5.10 Å². The van der Waals surface area contributed by atoms with Crippen LogP contribution in [0.15, 0.2) is 77.6 Å². The maximum absolute atomic E-state index is 14.0. The second kappa shape index (κ2) is 10.1. The summed E-state index contributed by atoms with van der Waals surface area (Å²) < 4.78 is 15.2. The third-order valence-electron chi connectivity index (χ3n) is 6.23. The van der Waals surface area contributed by atoms with Gasteiger partial charge in [0.05, 0.1) is 5.39 Å². The van der Waals surface area contributed by atoms with E-state index in [1.54, 1.807) is 37.3 Å². The first-order valence-corrected chi connectivity index (χ1v) is 11.9. The lowest BCUT2D eigenvalue weighted by Crippen LogP contribution is -2.42. The average molecular weight is 498 g/mol. The first kappa shape index (κ1) is 23.9. The number of aromatic nitrogens is 3. The van der Waals surface area contributed by atoms with Gasteiger partial charge < -0.3 is 4.98 Å². The number of benzene rings is 3. The molecule has 9 heteroatoms. The molecule has 5 rings (SSSR count). The molecule has 0 saturated carbocycles. The number of aromatic amines is 1. The summed E-state index contributed by atoms with van der Waals surface area (Å²) in [6, 6.07) is 20.8. The minimum atomic E-state index is -0.633. The summed E-state index contributed by atoms with van der Waals surface area (Å²) in [5, 5.41) is 5.65. The van der Waals surface area contributed by atoms with Crippen molar-refractivity contribution in [3.8, 4) is 11.3 Å². The van der Waals surface area contributed by atoms with Crippen molar-refractivity contribution >= 4 is 33.5 Å². The number of hydrogen-bond donors (Lipinski definition) is 3. The molecule has 2 aromatic heterocycles. The first-order chi connectivity index (χ1) is 18.0. The number of hydrogen-bond acceptors (Lipinski definition) is 4. The Bertz CT molecular complexity index is 1690. The molecule has 0 unspecified atom stereocenters. The quantitative estimate of drug-likeness (QED) is 0.307. The van der Waals surface area contributed by atoms with Crippen LogP contribution >= 0.6 is 0 Å². The third-order valence-corrected chi connectivity index (χ3v) is 6.23. The van der Waals surface area contributed by atoms with Gasteiger partial charge in [0.2, 0.25) is 5.91 Å². The fraction of sp³-hybridized carbons (Fsp3) is 0.143. The molecule has 2 amide bonds. The lowest BCUT2D eigenvalue weighted by atomic mass is 10.0. The molecule has 0 atom stereocenters. The molecule has 0 saturated heterocycles. The summed E-state index contributed by atoms with van der Waals surface area (Å²) in [6.07, 6.45) is 0.365. The molecule has 0 radical (unpaired) electrons. The van der Waals surface area contributed by atoms with Crippen molar-refractivity contribution < 1.29 is 14.0 Å². The minimum Gasteiger partial charge on any atom is -0.354 e. The zero-order valence-electron chi connectivity index (χ0n) is 20.0. The molecule has 0 aliphatic carbocycles. The lowest BCUT2D eigenvalue weighted by molar-refractivity contribution is -0.121. The van der Waals surface area contributed by atoms with Crippen LogP contribution in [0.4, 0.5) is 4.39 Å². The molecule has 0 aliphatic heterocycles. The highest BCUT2D eigenvalue weighted by atomic mass is 19.1. The summed E-state index contributed by atoms with van der Waals surface area (Å²) in [4.78, 5) is 41.4. The molecule has 8 nitrogen and oxygen atoms in total. The monoisotopic (exact) mass is 497 g/mol. The molecule has 3 N–H and O–H groups in total. The van der Waals surface area contributed by atoms with E-state index in [1.165, 1.54) is 16.8 Å². The number of fused-ring (bicyclic) bond motifs is 2. The summed E-state index contributed by atoms with van der Waals surface area (Å²) in [5.74, 6) is -1.42. The van der Waals surface area contributed by atoms with E-state index in [0.717, 1.165) is 22.3 Å². The van der Waals surface area contributed by atoms with Gasteiger partial charge in [0.25, 0.3) is 11.5 Å². The van der Waals surface area contributed by atoms with Gasteiger partial charge in [-0.25, -0.2) is 9.07 Å². The maximum Gasteiger partial charge on any atom is 0.290 e. The number of rotatable bonds is 6. The fourth-order valence-corrected chi connectivity index (χ4v) is 4.43. The van der Waals surface area contributed by atoms with Crippen molar-refractivity contribution in [2.24, 2.45) is 0 Å². The standard InChI is InChI=1S/C28H24FN5O3/c1-2-34-28(37)21-11-7-6-10-19(21)26(33-34)27(36)32-31-24(35)15-13-20-22-16-18(29)12-14-23(22)30-25(20)17-8-4-3-5-9-17/h3-12,14,16,30H,2,13,15H2,1H3,(H,31,35)(H,32,36). The zero-order chi connectivity index (χ0) is 25.9. The van der Waals surface area contributed by atoms with E-state index in [2.05, 4.69) is 20.9 Å². The molecule has 5 aromatic rings. The lowest BCUT2D eigenvalue weighted by Gasteiger charge is -2.11. The Morgan fingerprint density at radius 1 is 0.946 bits per heavy atom. The highest BCUT2D eigenvalue weighted by Gasteiger charge is 2.18. The number of carbonyl (C=O) groups is 2. The molecule has 0 fully saturated rings. The normalized spacial score (nSPS) is 11.1. The smallest absolute Gasteiger partial charge is 0.290 e. The summed E-state index contributed by atoms with van der Waals surface area (Å²) in [6.45, 7) is 2.05. The van der Waals surface area contributed by atoms with Gasteiger partial charge in [-0.1, -0.05) is 48.5 Å². The van der Waals surface area contributed by atoms with Gasteiger partial charge >= 0.3 is 0 Å². The molecule has 37 heavy (non-hydrogen) atoms. The van der Waals surface area contributed by atoms with Crippen LogP contribution in [-0.4, -0.2) is 26.6 Å². The SMILES string of the molecule is CCn1nc(C(=O)NNC(=O)CCc2c(-c3ccccc3)[nH]c3ccc(F)cc23)c2ccccc2c1=O. The van der Waals surface area contributed by atoms with Gasteiger partial charge in [0.1, 0.15) is 5.82 Å². The Hall–Kier alpha value is -4.79. The van der Waals surface area contributed by atoms with Crippen LogP contribution in [-0.2, 0) is 17.8 Å². The van der Waals surface area contributed by atoms with E-state index in [0.29, 0.717) is 29.1 Å². The van der Waals surface area contributed by atoms with Crippen LogP contribution < -0.4 is 16.4 Å². The molecule has 0 bridgehead atoms. The molecular weight excluding hydrogens is 473 g/mol. The van der Waals surface area contributed by atoms with Crippen molar-refractivity contribution in [3.63, 3.8) is 0 Å². The predicted octanol–water partition coefficient (Wildman–Crippen LogP) is 4.10. The Morgan fingerprint density at radius 2 is 1.68 bits per heavy atom. The second-order valence-electron chi connectivity index (χ2n) is 8.55. The summed E-state index contributed by atoms with van der Waals surface area (Å²) in [5.41, 5.74) is 7.90. The van der Waals surface area contributed by atoms with Crippen molar-refractivity contribution in [1.29, 1.82) is 0 Å². The number of H-pyrrole nitrogens is 1. The van der Waals surface area contributed by atoms with Gasteiger partial charge in [0, 0.05) is 34.9 Å². The van der Waals surface area contributed by atoms with E-state index in [1.807, 2.05) is 30.3 Å². The number of nitrogens with one attached hydrogen (secondary N) is 3. The highest BCUT2D eigenvalue weighted by molar-refractivity contribution is 6.05. The van der Waals surface area contributed by atoms with E-state index < -0.39 is 11.8 Å². The Morgan fingerprint density at radius 3 is 2.43 bits per heavy atom. The van der Waals surface area contributed by atoms with E-state index >= 15 is 0 Å². The van der Waals surface area contributed by atoms with Crippen molar-refractivity contribution in [1.82, 2.24) is 25.6 Å². The van der Waals surface area contributed by atoms with Gasteiger partial charge in [0.15, 0.2) is 5.69 Å². The van der Waals surface area contributed by atoms with Crippen LogP contribution in [0.25, 0.3) is 32.9 Å². The van der Waals surface area contributed by atoms with Crippen LogP contribution in [0, 0.1) is 5.82 Å². The molecular formula is C28H24FN5O3. The molecule has 3 aromatic carbocycles. The van der Waals surface area contributed by atoms with Crippen molar-refractivity contribution in [2.75, 3.05) is 0 Å². The Balaban J connectivity index is 1.34. The van der Waals surface area contributed by atoms with E-state index in [9.17, 15) is 18.8 Å². The van der Waals surface area contributed by atoms with Crippen LogP contribution in [0.5, 0.6) is 0 Å². The number of nitrogens with zero attached hydrogens (tertiary/aromatic N) is 2. The second-order valence-corrected chi connectivity index (χ2v) is 8.55. The molecule has 0 aliphatic rings. The topological polar surface area (TPSA) is 109 Å². The highest BCUT2D eigenvalue weighted by Crippen LogP contribution is 2.31. The number of hydrazine groups is 1. The Labute approximate surface area is 211 Å². The molecule has 2 heterocycles. The molecule has 186 valence electrons. The number of carbonyl (C=O) groups excluding carboxylic acids is 2. The number of aryl methyl sites for hydroxylation is 2. The van der Waals surface area contributed by atoms with Crippen LogP contribution in [0.2, 0.25) is 0 Å². The summed E-state index contributed by atoms with van der Waals surface area (Å²) >= 11 is 0. The summed E-state index contributed by atoms with van der Waals surface area (Å²) in [7, 11) is 0. The van der Waals surface area contributed by atoms with E-state index in [4.69, 9.17) is 0 Å². The van der Waals surface area contributed by atoms with Gasteiger partial charge in [-0.3, -0.25) is 25.2 Å². The van der Waals surface area contributed by atoms with Crippen molar-refractivity contribution in [2.45, 2.75) is 26.3 Å².